The first-order valence-electron chi connectivity index (χ1n) is 7.51. The second-order valence-corrected chi connectivity index (χ2v) is 5.91. The van der Waals surface area contributed by atoms with Gasteiger partial charge in [-0.25, -0.2) is 4.98 Å². The molecule has 0 aliphatic heterocycles. The van der Waals surface area contributed by atoms with Crippen molar-refractivity contribution in [2.75, 3.05) is 11.9 Å². The summed E-state index contributed by atoms with van der Waals surface area (Å²) in [5.74, 6) is 1.52. The molecule has 0 spiro atoms. The minimum atomic E-state index is 0.416. The number of aromatic nitrogens is 1. The van der Waals surface area contributed by atoms with Crippen LogP contribution < -0.4 is 11.1 Å². The lowest BCUT2D eigenvalue weighted by Gasteiger charge is -2.18. The molecule has 1 unspecified atom stereocenters. The van der Waals surface area contributed by atoms with Crippen LogP contribution in [0.2, 0.25) is 0 Å². The Bertz CT molecular complexity index is 457. The number of rotatable bonds is 8. The Labute approximate surface area is 128 Å². The highest BCUT2D eigenvalue weighted by Gasteiger charge is 2.13. The number of hydrogen-bond acceptors (Lipinski definition) is 3. The van der Waals surface area contributed by atoms with Gasteiger partial charge in [-0.1, -0.05) is 45.3 Å². The van der Waals surface area contributed by atoms with Gasteiger partial charge in [0, 0.05) is 12.2 Å². The first kappa shape index (κ1) is 16.9. The molecule has 0 fully saturated rings. The van der Waals surface area contributed by atoms with Gasteiger partial charge in [0.05, 0.1) is 5.56 Å². The molecule has 0 radical (unpaired) electrons. The lowest BCUT2D eigenvalue weighted by molar-refractivity contribution is 0.472. The zero-order valence-corrected chi connectivity index (χ0v) is 13.9. The van der Waals surface area contributed by atoms with Crippen molar-refractivity contribution < 1.29 is 0 Å². The zero-order valence-electron chi connectivity index (χ0n) is 13.1. The van der Waals surface area contributed by atoms with Gasteiger partial charge in [0.2, 0.25) is 0 Å². The number of nitrogens with one attached hydrogen (secondary N) is 1. The van der Waals surface area contributed by atoms with Crippen molar-refractivity contribution in [1.82, 2.24) is 4.98 Å². The van der Waals surface area contributed by atoms with Gasteiger partial charge in [0.25, 0.3) is 0 Å². The molecule has 1 atom stereocenters. The summed E-state index contributed by atoms with van der Waals surface area (Å²) in [4.78, 5) is 4.98. The first-order chi connectivity index (χ1) is 9.49. The predicted octanol–water partition coefficient (Wildman–Crippen LogP) is 3.96. The summed E-state index contributed by atoms with van der Waals surface area (Å²) in [6.45, 7) is 9.43. The molecule has 0 amide bonds. The van der Waals surface area contributed by atoms with Crippen LogP contribution in [-0.4, -0.2) is 16.5 Å². The lowest BCUT2D eigenvalue weighted by Crippen LogP contribution is -2.20. The maximum atomic E-state index is 5.84. The summed E-state index contributed by atoms with van der Waals surface area (Å²) in [5, 5.41) is 3.46. The van der Waals surface area contributed by atoms with E-state index in [4.69, 9.17) is 18.0 Å². The van der Waals surface area contributed by atoms with Gasteiger partial charge in [-0.05, 0) is 37.8 Å². The number of pyridine rings is 1. The monoisotopic (exact) mass is 293 g/mol. The fraction of sp³-hybridized carbons (Fsp3) is 0.625. The van der Waals surface area contributed by atoms with E-state index in [1.54, 1.807) is 0 Å². The summed E-state index contributed by atoms with van der Waals surface area (Å²) in [7, 11) is 0. The molecule has 0 saturated heterocycles. The van der Waals surface area contributed by atoms with E-state index in [2.05, 4.69) is 24.1 Å². The van der Waals surface area contributed by atoms with E-state index in [0.29, 0.717) is 10.9 Å². The molecule has 3 nitrogen and oxygen atoms in total. The Morgan fingerprint density at radius 1 is 1.40 bits per heavy atom. The summed E-state index contributed by atoms with van der Waals surface area (Å²) in [6, 6.07) is 2.02. The van der Waals surface area contributed by atoms with Gasteiger partial charge >= 0.3 is 0 Å². The highest BCUT2D eigenvalue weighted by atomic mass is 32.1. The number of aryl methyl sites for hydroxylation is 2. The van der Waals surface area contributed by atoms with Crippen molar-refractivity contribution in [2.24, 2.45) is 11.7 Å². The molecule has 1 aromatic heterocycles. The van der Waals surface area contributed by atoms with Crippen molar-refractivity contribution in [1.29, 1.82) is 0 Å². The van der Waals surface area contributed by atoms with Crippen LogP contribution in [0, 0.1) is 19.8 Å². The molecule has 0 bridgehead atoms. The lowest BCUT2D eigenvalue weighted by atomic mass is 9.99. The van der Waals surface area contributed by atoms with E-state index < -0.39 is 0 Å². The highest BCUT2D eigenvalue weighted by Crippen LogP contribution is 2.20. The molecule has 112 valence electrons. The van der Waals surface area contributed by atoms with Gasteiger partial charge < -0.3 is 11.1 Å². The van der Waals surface area contributed by atoms with Crippen molar-refractivity contribution in [3.05, 3.63) is 22.9 Å². The van der Waals surface area contributed by atoms with Gasteiger partial charge in [-0.15, -0.1) is 0 Å². The van der Waals surface area contributed by atoms with Crippen LogP contribution in [-0.2, 0) is 0 Å². The fourth-order valence-electron chi connectivity index (χ4n) is 2.46. The Morgan fingerprint density at radius 2 is 2.10 bits per heavy atom. The van der Waals surface area contributed by atoms with Crippen molar-refractivity contribution >= 4 is 23.0 Å². The zero-order chi connectivity index (χ0) is 15.1. The first-order valence-corrected chi connectivity index (χ1v) is 7.92. The number of nitrogens with zero attached hydrogens (tertiary/aromatic N) is 1. The largest absolute Gasteiger partial charge is 0.389 e. The number of nitrogens with two attached hydrogens (primary N) is 1. The molecular weight excluding hydrogens is 266 g/mol. The molecule has 20 heavy (non-hydrogen) atoms. The van der Waals surface area contributed by atoms with E-state index in [-0.39, 0.29) is 0 Å². The van der Waals surface area contributed by atoms with Crippen LogP contribution in [0.15, 0.2) is 6.07 Å². The minimum absolute atomic E-state index is 0.416. The van der Waals surface area contributed by atoms with Crippen LogP contribution in [0.4, 0.5) is 5.82 Å². The van der Waals surface area contributed by atoms with Crippen LogP contribution in [0.25, 0.3) is 0 Å². The number of unbranched alkanes of at least 4 members (excludes halogenated alkanes) is 1. The van der Waals surface area contributed by atoms with Crippen LogP contribution in [0.5, 0.6) is 0 Å². The smallest absolute Gasteiger partial charge is 0.136 e. The topological polar surface area (TPSA) is 50.9 Å². The van der Waals surface area contributed by atoms with E-state index >= 15 is 0 Å². The molecule has 1 rings (SSSR count). The van der Waals surface area contributed by atoms with Crippen LogP contribution >= 0.6 is 12.2 Å². The maximum absolute atomic E-state index is 5.84. The summed E-state index contributed by atoms with van der Waals surface area (Å²) in [6.07, 6.45) is 4.96. The van der Waals surface area contributed by atoms with Crippen LogP contribution in [0.1, 0.15) is 56.4 Å². The third-order valence-electron chi connectivity index (χ3n) is 3.69. The molecule has 0 aliphatic rings. The maximum Gasteiger partial charge on any atom is 0.136 e. The average Bonchev–Trinajstić information content (AvgIpc) is 2.37. The third-order valence-corrected chi connectivity index (χ3v) is 3.90. The van der Waals surface area contributed by atoms with Gasteiger partial charge in [-0.2, -0.15) is 0 Å². The third kappa shape index (κ3) is 4.75. The summed E-state index contributed by atoms with van der Waals surface area (Å²) >= 11 is 5.16. The molecule has 0 aliphatic carbocycles. The minimum Gasteiger partial charge on any atom is -0.389 e. The fourth-order valence-corrected chi connectivity index (χ4v) is 2.72. The second kappa shape index (κ2) is 8.20. The van der Waals surface area contributed by atoms with Gasteiger partial charge in [0.1, 0.15) is 10.8 Å². The van der Waals surface area contributed by atoms with Crippen molar-refractivity contribution in [3.63, 3.8) is 0 Å². The molecule has 0 aromatic carbocycles. The average molecular weight is 293 g/mol. The molecule has 1 heterocycles. The molecular formula is C16H27N3S. The molecule has 0 saturated carbocycles. The standard InChI is InChI=1S/C16H27N3S/c1-5-7-8-13(6-2)10-18-16-14(15(17)20)11(3)9-12(4)19-16/h9,13H,5-8,10H2,1-4H3,(H2,17,20)(H,18,19). The second-order valence-electron chi connectivity index (χ2n) is 5.47. The number of anilines is 1. The van der Waals surface area contributed by atoms with Gasteiger partial charge in [-0.3, -0.25) is 0 Å². The predicted molar refractivity (Wildman–Crippen MR) is 91.4 cm³/mol. The number of hydrogen-bond donors (Lipinski definition) is 2. The number of thiocarbonyl (C=S) groups is 1. The van der Waals surface area contributed by atoms with E-state index in [1.807, 2.05) is 19.9 Å². The Kier molecular flexibility index (Phi) is 6.93. The van der Waals surface area contributed by atoms with E-state index in [1.165, 1.54) is 25.7 Å². The van der Waals surface area contributed by atoms with E-state index in [9.17, 15) is 0 Å². The molecule has 4 heteroatoms. The summed E-state index contributed by atoms with van der Waals surface area (Å²) < 4.78 is 0. The van der Waals surface area contributed by atoms with E-state index in [0.717, 1.165) is 29.2 Å². The Hall–Kier alpha value is -1.16. The molecule has 1 aromatic rings. The van der Waals surface area contributed by atoms with Crippen molar-refractivity contribution in [3.8, 4) is 0 Å². The van der Waals surface area contributed by atoms with Crippen molar-refractivity contribution in [2.45, 2.75) is 53.4 Å². The van der Waals surface area contributed by atoms with Crippen LogP contribution in [0.3, 0.4) is 0 Å². The quantitative estimate of drug-likeness (QED) is 0.712. The SMILES string of the molecule is CCCCC(CC)CNc1nc(C)cc(C)c1C(N)=S. The van der Waals surface area contributed by atoms with Gasteiger partial charge in [0.15, 0.2) is 0 Å². The highest BCUT2D eigenvalue weighted by molar-refractivity contribution is 7.80. The molecule has 3 N–H and O–H groups in total. The normalized spacial score (nSPS) is 12.2. The summed E-state index contributed by atoms with van der Waals surface area (Å²) in [5.41, 5.74) is 8.81. The Balaban J connectivity index is 2.83. The Morgan fingerprint density at radius 3 is 2.65 bits per heavy atom.